The number of esters is 1. The molecule has 1 amide bonds. The smallest absolute Gasteiger partial charge is 0.312 e. The molecule has 3 aromatic carbocycles. The zero-order valence-corrected chi connectivity index (χ0v) is 20.5. The number of ether oxygens (including phenoxy) is 1. The number of amides is 1. The first-order valence-electron chi connectivity index (χ1n) is 11.7. The van der Waals surface area contributed by atoms with E-state index in [1.807, 2.05) is 68.4 Å². The zero-order chi connectivity index (χ0) is 25.7. The van der Waals surface area contributed by atoms with Crippen molar-refractivity contribution in [2.75, 3.05) is 16.8 Å². The van der Waals surface area contributed by atoms with Gasteiger partial charge in [0, 0.05) is 35.5 Å². The van der Waals surface area contributed by atoms with E-state index in [2.05, 4.69) is 10.4 Å². The van der Waals surface area contributed by atoms with Crippen LogP contribution in [0.1, 0.15) is 19.5 Å². The molecule has 0 saturated carbocycles. The molecule has 0 aliphatic carbocycles. The van der Waals surface area contributed by atoms with Gasteiger partial charge in [0.2, 0.25) is 0 Å². The first kappa shape index (κ1) is 24.7. The molecule has 0 atom stereocenters. The minimum Gasteiger partial charge on any atom is -0.455 e. The highest BCUT2D eigenvalue weighted by atomic mass is 16.5. The molecule has 0 fully saturated rings. The lowest BCUT2D eigenvalue weighted by molar-refractivity contribution is -0.147. The summed E-state index contributed by atoms with van der Waals surface area (Å²) in [6.45, 7) is 3.40. The maximum Gasteiger partial charge on any atom is 0.312 e. The van der Waals surface area contributed by atoms with E-state index >= 15 is 0 Å². The minimum absolute atomic E-state index is 0.140. The average Bonchev–Trinajstić information content (AvgIpc) is 2.87. The number of anilines is 3. The number of benzene rings is 3. The molecule has 36 heavy (non-hydrogen) atoms. The van der Waals surface area contributed by atoms with Crippen LogP contribution in [0.5, 0.6) is 0 Å². The van der Waals surface area contributed by atoms with Crippen molar-refractivity contribution < 1.29 is 14.3 Å². The number of carbonyl (C=O) groups is 2. The van der Waals surface area contributed by atoms with Crippen molar-refractivity contribution in [3.05, 3.63) is 94.9 Å². The number of aromatic nitrogens is 2. The summed E-state index contributed by atoms with van der Waals surface area (Å²) in [6, 6.07) is 24.1. The fraction of sp³-hybridized carbons (Fsp3) is 0.214. The van der Waals surface area contributed by atoms with E-state index in [-0.39, 0.29) is 23.9 Å². The summed E-state index contributed by atoms with van der Waals surface area (Å²) < 4.78 is 6.51. The Morgan fingerprint density at radius 2 is 1.53 bits per heavy atom. The highest BCUT2D eigenvalue weighted by Crippen LogP contribution is 2.23. The molecule has 4 aromatic rings. The number of aryl methyl sites for hydroxylation is 1. The lowest BCUT2D eigenvalue weighted by Crippen LogP contribution is -2.40. The van der Waals surface area contributed by atoms with Crippen molar-refractivity contribution in [1.82, 2.24) is 9.78 Å². The Balaban J connectivity index is 1.41. The summed E-state index contributed by atoms with van der Waals surface area (Å²) in [5.41, 5.74) is 2.75. The van der Waals surface area contributed by atoms with Gasteiger partial charge in [0.15, 0.2) is 6.61 Å². The summed E-state index contributed by atoms with van der Waals surface area (Å²) in [7, 11) is 1.54. The Bertz CT molecular complexity index is 1430. The predicted octanol–water partition coefficient (Wildman–Crippen LogP) is 4.20. The van der Waals surface area contributed by atoms with Crippen molar-refractivity contribution >= 4 is 39.7 Å². The molecule has 0 bridgehead atoms. The lowest BCUT2D eigenvalue weighted by Gasteiger charge is -2.27. The molecule has 1 aromatic heterocycles. The van der Waals surface area contributed by atoms with E-state index in [4.69, 9.17) is 4.74 Å². The van der Waals surface area contributed by atoms with Crippen LogP contribution in [-0.4, -0.2) is 34.3 Å². The molecule has 0 aliphatic rings. The van der Waals surface area contributed by atoms with Crippen molar-refractivity contribution in [2.24, 2.45) is 7.05 Å². The standard InChI is InChI=1S/C28H28N4O4/c1-19(2)32(22-15-13-21(14-16-22)29-20-9-5-4-6-10-20)26(33)18-36-27(34)17-25-23-11-7-8-12-24(23)28(35)31(3)30-25/h4-16,19,29H,17-18H2,1-3H3. The number of para-hydroxylation sites is 1. The van der Waals surface area contributed by atoms with Crippen molar-refractivity contribution in [2.45, 2.75) is 26.3 Å². The second-order valence-electron chi connectivity index (χ2n) is 8.65. The molecule has 0 spiro atoms. The highest BCUT2D eigenvalue weighted by Gasteiger charge is 2.21. The van der Waals surface area contributed by atoms with Gasteiger partial charge >= 0.3 is 5.97 Å². The molecule has 0 unspecified atom stereocenters. The van der Waals surface area contributed by atoms with Crippen LogP contribution in [0.25, 0.3) is 10.8 Å². The van der Waals surface area contributed by atoms with Crippen molar-refractivity contribution in [1.29, 1.82) is 0 Å². The van der Waals surface area contributed by atoms with Gasteiger partial charge in [-0.3, -0.25) is 14.4 Å². The quantitative estimate of drug-likeness (QED) is 0.377. The third-order valence-electron chi connectivity index (χ3n) is 5.69. The van der Waals surface area contributed by atoms with Crippen molar-refractivity contribution in [3.63, 3.8) is 0 Å². The maximum atomic E-state index is 13.0. The Morgan fingerprint density at radius 3 is 2.19 bits per heavy atom. The number of nitrogens with one attached hydrogen (secondary N) is 1. The minimum atomic E-state index is -0.592. The molecule has 184 valence electrons. The van der Waals surface area contributed by atoms with E-state index in [1.54, 1.807) is 29.2 Å². The number of carbonyl (C=O) groups excluding carboxylic acids is 2. The second kappa shape index (κ2) is 10.9. The molecule has 1 heterocycles. The van der Waals surface area contributed by atoms with Gasteiger partial charge in [-0.05, 0) is 56.3 Å². The fourth-order valence-electron chi connectivity index (χ4n) is 4.03. The highest BCUT2D eigenvalue weighted by molar-refractivity contribution is 5.96. The van der Waals surface area contributed by atoms with Gasteiger partial charge < -0.3 is 15.0 Å². The molecule has 1 N–H and O–H groups in total. The Labute approximate surface area is 209 Å². The first-order chi connectivity index (χ1) is 17.3. The normalized spacial score (nSPS) is 10.9. The largest absolute Gasteiger partial charge is 0.455 e. The third-order valence-corrected chi connectivity index (χ3v) is 5.69. The van der Waals surface area contributed by atoms with Crippen LogP contribution < -0.4 is 15.8 Å². The number of rotatable bonds is 8. The first-order valence-corrected chi connectivity index (χ1v) is 11.7. The van der Waals surface area contributed by atoms with Gasteiger partial charge in [0.1, 0.15) is 0 Å². The van der Waals surface area contributed by atoms with Crippen LogP contribution in [0.4, 0.5) is 17.1 Å². The summed E-state index contributed by atoms with van der Waals surface area (Å²) in [6.07, 6.45) is -0.149. The Hall–Kier alpha value is -4.46. The van der Waals surface area contributed by atoms with Crippen LogP contribution in [-0.2, 0) is 27.8 Å². The predicted molar refractivity (Wildman–Crippen MR) is 140 cm³/mol. The zero-order valence-electron chi connectivity index (χ0n) is 20.5. The molecule has 0 aliphatic heterocycles. The molecule has 0 radical (unpaired) electrons. The third kappa shape index (κ3) is 5.60. The molecule has 4 rings (SSSR count). The summed E-state index contributed by atoms with van der Waals surface area (Å²) in [5.74, 6) is -0.925. The average molecular weight is 485 g/mol. The van der Waals surface area contributed by atoms with Gasteiger partial charge in [-0.15, -0.1) is 0 Å². The summed E-state index contributed by atoms with van der Waals surface area (Å²) in [4.78, 5) is 39.5. The Morgan fingerprint density at radius 1 is 0.917 bits per heavy atom. The lowest BCUT2D eigenvalue weighted by atomic mass is 10.1. The number of hydrogen-bond acceptors (Lipinski definition) is 6. The summed E-state index contributed by atoms with van der Waals surface area (Å²) in [5, 5.41) is 8.60. The Kier molecular flexibility index (Phi) is 7.44. The van der Waals surface area contributed by atoms with Crippen LogP contribution in [0, 0.1) is 0 Å². The van der Waals surface area contributed by atoms with Gasteiger partial charge in [0.05, 0.1) is 17.5 Å². The fourth-order valence-corrected chi connectivity index (χ4v) is 4.03. The topological polar surface area (TPSA) is 93.5 Å². The van der Waals surface area contributed by atoms with E-state index in [1.165, 1.54) is 11.7 Å². The monoisotopic (exact) mass is 484 g/mol. The number of hydrogen-bond donors (Lipinski definition) is 1. The SMILES string of the molecule is CC(C)N(C(=O)COC(=O)Cc1nn(C)c(=O)c2ccccc12)c1ccc(Nc2ccccc2)cc1. The van der Waals surface area contributed by atoms with E-state index in [0.717, 1.165) is 11.4 Å². The maximum absolute atomic E-state index is 13.0. The van der Waals surface area contributed by atoms with Gasteiger partial charge in [-0.1, -0.05) is 36.4 Å². The van der Waals surface area contributed by atoms with E-state index in [9.17, 15) is 14.4 Å². The second-order valence-corrected chi connectivity index (χ2v) is 8.65. The van der Waals surface area contributed by atoms with Crippen LogP contribution >= 0.6 is 0 Å². The van der Waals surface area contributed by atoms with Gasteiger partial charge in [-0.2, -0.15) is 5.10 Å². The molecule has 0 saturated heterocycles. The molecular formula is C28H28N4O4. The van der Waals surface area contributed by atoms with E-state index < -0.39 is 12.6 Å². The van der Waals surface area contributed by atoms with Crippen molar-refractivity contribution in [3.8, 4) is 0 Å². The van der Waals surface area contributed by atoms with Gasteiger partial charge in [0.25, 0.3) is 11.5 Å². The molecular weight excluding hydrogens is 456 g/mol. The molecule has 8 heteroatoms. The summed E-state index contributed by atoms with van der Waals surface area (Å²) >= 11 is 0. The van der Waals surface area contributed by atoms with Gasteiger partial charge in [-0.25, -0.2) is 4.68 Å². The van der Waals surface area contributed by atoms with E-state index in [0.29, 0.717) is 22.2 Å². The van der Waals surface area contributed by atoms with Crippen LogP contribution in [0.2, 0.25) is 0 Å². The van der Waals surface area contributed by atoms with Crippen LogP contribution in [0.15, 0.2) is 83.7 Å². The number of nitrogens with zero attached hydrogens (tertiary/aromatic N) is 3. The van der Waals surface area contributed by atoms with Crippen LogP contribution in [0.3, 0.4) is 0 Å². The number of fused-ring (bicyclic) bond motifs is 1. The molecule has 8 nitrogen and oxygen atoms in total.